The number of halogens is 1. The standard InChI is InChI=1S/C14H13BrN2O3/c1-20-12-5-3-2-4-9(12)6-10(14(18)19)13-11(15)7-16-8-17-13/h2-5,7-8,10H,6H2,1H3,(H,18,19). The average molecular weight is 337 g/mol. The lowest BCUT2D eigenvalue weighted by Gasteiger charge is -2.15. The summed E-state index contributed by atoms with van der Waals surface area (Å²) in [4.78, 5) is 19.5. The number of aliphatic carboxylic acids is 1. The van der Waals surface area contributed by atoms with Gasteiger partial charge < -0.3 is 9.84 Å². The molecule has 20 heavy (non-hydrogen) atoms. The minimum absolute atomic E-state index is 0.301. The Morgan fingerprint density at radius 2 is 2.20 bits per heavy atom. The van der Waals surface area contributed by atoms with Crippen LogP contribution in [0.4, 0.5) is 0 Å². The van der Waals surface area contributed by atoms with Crippen molar-refractivity contribution in [2.24, 2.45) is 0 Å². The van der Waals surface area contributed by atoms with Crippen LogP contribution in [0.25, 0.3) is 0 Å². The van der Waals surface area contributed by atoms with Gasteiger partial charge >= 0.3 is 5.97 Å². The summed E-state index contributed by atoms with van der Waals surface area (Å²) in [5, 5.41) is 9.45. The molecular weight excluding hydrogens is 324 g/mol. The highest BCUT2D eigenvalue weighted by Crippen LogP contribution is 2.29. The van der Waals surface area contributed by atoms with Crippen LogP contribution >= 0.6 is 15.9 Å². The molecule has 0 aliphatic heterocycles. The molecule has 0 aliphatic rings. The molecule has 1 heterocycles. The Balaban J connectivity index is 2.36. The molecule has 2 rings (SSSR count). The fourth-order valence-electron chi connectivity index (χ4n) is 1.97. The zero-order valence-corrected chi connectivity index (χ0v) is 12.4. The van der Waals surface area contributed by atoms with Gasteiger partial charge in [-0.1, -0.05) is 18.2 Å². The number of rotatable bonds is 5. The molecule has 104 valence electrons. The molecule has 1 atom stereocenters. The summed E-state index contributed by atoms with van der Waals surface area (Å²) in [7, 11) is 1.56. The number of ether oxygens (including phenoxy) is 1. The summed E-state index contributed by atoms with van der Waals surface area (Å²) in [6, 6.07) is 7.36. The van der Waals surface area contributed by atoms with Gasteiger partial charge in [-0.25, -0.2) is 9.97 Å². The Kier molecular flexibility index (Phi) is 4.68. The van der Waals surface area contributed by atoms with Crippen molar-refractivity contribution in [2.45, 2.75) is 12.3 Å². The number of aromatic nitrogens is 2. The number of nitrogens with zero attached hydrogens (tertiary/aromatic N) is 2. The second-order valence-corrected chi connectivity index (χ2v) is 5.02. The molecular formula is C14H13BrN2O3. The lowest BCUT2D eigenvalue weighted by Crippen LogP contribution is -2.17. The van der Waals surface area contributed by atoms with Gasteiger partial charge in [0, 0.05) is 6.20 Å². The third kappa shape index (κ3) is 3.14. The smallest absolute Gasteiger partial charge is 0.312 e. The quantitative estimate of drug-likeness (QED) is 0.908. The van der Waals surface area contributed by atoms with Crippen molar-refractivity contribution >= 4 is 21.9 Å². The fourth-order valence-corrected chi connectivity index (χ4v) is 2.47. The Bertz CT molecular complexity index is 619. The van der Waals surface area contributed by atoms with Gasteiger partial charge in [0.15, 0.2) is 0 Å². The van der Waals surface area contributed by atoms with Gasteiger partial charge in [0.25, 0.3) is 0 Å². The molecule has 0 aliphatic carbocycles. The molecule has 0 fully saturated rings. The second-order valence-electron chi connectivity index (χ2n) is 4.16. The first-order chi connectivity index (χ1) is 9.63. The minimum Gasteiger partial charge on any atom is -0.496 e. The largest absolute Gasteiger partial charge is 0.496 e. The number of hydrogen-bond donors (Lipinski definition) is 1. The summed E-state index contributed by atoms with van der Waals surface area (Å²) in [5.74, 6) is -1.03. The van der Waals surface area contributed by atoms with E-state index in [1.165, 1.54) is 6.33 Å². The predicted molar refractivity (Wildman–Crippen MR) is 76.8 cm³/mol. The van der Waals surface area contributed by atoms with E-state index in [0.717, 1.165) is 5.56 Å². The molecule has 1 aromatic carbocycles. The summed E-state index contributed by atoms with van der Waals surface area (Å²) < 4.78 is 5.84. The zero-order chi connectivity index (χ0) is 14.5. The first kappa shape index (κ1) is 14.5. The Morgan fingerprint density at radius 3 is 2.85 bits per heavy atom. The van der Waals surface area contributed by atoms with Gasteiger partial charge in [-0.2, -0.15) is 0 Å². The van der Waals surface area contributed by atoms with Gasteiger partial charge in [0.05, 0.1) is 17.3 Å². The predicted octanol–water partition coefficient (Wildman–Crippen LogP) is 2.66. The van der Waals surface area contributed by atoms with E-state index in [4.69, 9.17) is 4.74 Å². The van der Waals surface area contributed by atoms with Crippen LogP contribution in [0.15, 0.2) is 41.3 Å². The number of methoxy groups -OCH3 is 1. The molecule has 1 aromatic heterocycles. The highest BCUT2D eigenvalue weighted by Gasteiger charge is 2.25. The Morgan fingerprint density at radius 1 is 1.45 bits per heavy atom. The van der Waals surface area contributed by atoms with Crippen molar-refractivity contribution in [3.8, 4) is 5.75 Å². The topological polar surface area (TPSA) is 72.3 Å². The number of carboxylic acid groups (broad SMARTS) is 1. The highest BCUT2D eigenvalue weighted by molar-refractivity contribution is 9.10. The maximum Gasteiger partial charge on any atom is 0.312 e. The third-order valence-electron chi connectivity index (χ3n) is 2.94. The van der Waals surface area contributed by atoms with Crippen molar-refractivity contribution in [3.05, 3.63) is 52.5 Å². The van der Waals surface area contributed by atoms with E-state index in [-0.39, 0.29) is 0 Å². The van der Waals surface area contributed by atoms with Gasteiger partial charge in [-0.05, 0) is 34.0 Å². The normalized spacial score (nSPS) is 11.9. The van der Waals surface area contributed by atoms with Crippen molar-refractivity contribution < 1.29 is 14.6 Å². The number of carboxylic acids is 1. The van der Waals surface area contributed by atoms with Crippen molar-refractivity contribution in [2.75, 3.05) is 7.11 Å². The van der Waals surface area contributed by atoms with Crippen LogP contribution in [0.2, 0.25) is 0 Å². The lowest BCUT2D eigenvalue weighted by atomic mass is 9.95. The molecule has 5 nitrogen and oxygen atoms in total. The van der Waals surface area contributed by atoms with Crippen LogP contribution in [-0.4, -0.2) is 28.2 Å². The van der Waals surface area contributed by atoms with E-state index < -0.39 is 11.9 Å². The van der Waals surface area contributed by atoms with E-state index >= 15 is 0 Å². The molecule has 1 N–H and O–H groups in total. The number of para-hydroxylation sites is 1. The third-order valence-corrected chi connectivity index (χ3v) is 3.55. The molecule has 1 unspecified atom stereocenters. The summed E-state index contributed by atoms with van der Waals surface area (Å²) in [5.41, 5.74) is 1.28. The monoisotopic (exact) mass is 336 g/mol. The van der Waals surface area contributed by atoms with E-state index in [0.29, 0.717) is 22.3 Å². The van der Waals surface area contributed by atoms with E-state index in [2.05, 4.69) is 25.9 Å². The van der Waals surface area contributed by atoms with Crippen molar-refractivity contribution in [3.63, 3.8) is 0 Å². The van der Waals surface area contributed by atoms with E-state index in [9.17, 15) is 9.90 Å². The number of carbonyl (C=O) groups is 1. The Labute approximate surface area is 124 Å². The number of hydrogen-bond acceptors (Lipinski definition) is 4. The average Bonchev–Trinajstić information content (AvgIpc) is 2.46. The molecule has 6 heteroatoms. The first-order valence-electron chi connectivity index (χ1n) is 5.93. The molecule has 0 saturated carbocycles. The maximum absolute atomic E-state index is 11.5. The summed E-state index contributed by atoms with van der Waals surface area (Å²) >= 11 is 3.29. The SMILES string of the molecule is COc1ccccc1CC(C(=O)O)c1ncncc1Br. The molecule has 2 aromatic rings. The lowest BCUT2D eigenvalue weighted by molar-refractivity contribution is -0.138. The molecule has 0 bridgehead atoms. The highest BCUT2D eigenvalue weighted by atomic mass is 79.9. The van der Waals surface area contributed by atoms with Crippen LogP contribution < -0.4 is 4.74 Å². The zero-order valence-electron chi connectivity index (χ0n) is 10.8. The molecule has 0 saturated heterocycles. The number of benzene rings is 1. The van der Waals surface area contributed by atoms with Crippen LogP contribution in [0.1, 0.15) is 17.2 Å². The summed E-state index contributed by atoms with van der Waals surface area (Å²) in [6.07, 6.45) is 3.19. The van der Waals surface area contributed by atoms with Gasteiger partial charge in [0.2, 0.25) is 0 Å². The van der Waals surface area contributed by atoms with Gasteiger partial charge in [-0.3, -0.25) is 4.79 Å². The van der Waals surface area contributed by atoms with Crippen molar-refractivity contribution in [1.82, 2.24) is 9.97 Å². The molecule has 0 spiro atoms. The minimum atomic E-state index is -0.935. The summed E-state index contributed by atoms with van der Waals surface area (Å²) in [6.45, 7) is 0. The maximum atomic E-state index is 11.5. The van der Waals surface area contributed by atoms with E-state index in [1.807, 2.05) is 24.3 Å². The van der Waals surface area contributed by atoms with Gasteiger partial charge in [0.1, 0.15) is 18.0 Å². The molecule has 0 amide bonds. The van der Waals surface area contributed by atoms with E-state index in [1.54, 1.807) is 13.3 Å². The van der Waals surface area contributed by atoms with Crippen molar-refractivity contribution in [1.29, 1.82) is 0 Å². The van der Waals surface area contributed by atoms with Crippen LogP contribution in [0.3, 0.4) is 0 Å². The Hall–Kier alpha value is -1.95. The fraction of sp³-hybridized carbons (Fsp3) is 0.214. The first-order valence-corrected chi connectivity index (χ1v) is 6.73. The second kappa shape index (κ2) is 6.47. The molecule has 0 radical (unpaired) electrons. The van der Waals surface area contributed by atoms with Crippen LogP contribution in [0, 0.1) is 0 Å². The van der Waals surface area contributed by atoms with Gasteiger partial charge in [-0.15, -0.1) is 0 Å². The van der Waals surface area contributed by atoms with Crippen LogP contribution in [-0.2, 0) is 11.2 Å². The van der Waals surface area contributed by atoms with Crippen LogP contribution in [0.5, 0.6) is 5.75 Å².